The Morgan fingerprint density at radius 1 is 1.40 bits per heavy atom. The van der Waals surface area contributed by atoms with Gasteiger partial charge in [-0.3, -0.25) is 9.82 Å². The third-order valence-corrected chi connectivity index (χ3v) is 4.75. The number of nitrogens with one attached hydrogen (secondary N) is 2. The first kappa shape index (κ1) is 14.8. The van der Waals surface area contributed by atoms with Crippen LogP contribution in [0.15, 0.2) is 23.2 Å². The van der Waals surface area contributed by atoms with Crippen LogP contribution in [0.3, 0.4) is 0 Å². The summed E-state index contributed by atoms with van der Waals surface area (Å²) < 4.78 is 27.2. The van der Waals surface area contributed by atoms with Crippen LogP contribution in [-0.4, -0.2) is 18.6 Å². The SMILES string of the molecule is Cc1[nH]nc(S(=O)(=O)Nc2cccc(Cl)c2C)c1CN. The highest BCUT2D eigenvalue weighted by Crippen LogP contribution is 2.26. The van der Waals surface area contributed by atoms with Crippen LogP contribution in [0.25, 0.3) is 0 Å². The van der Waals surface area contributed by atoms with Crippen LogP contribution >= 0.6 is 11.6 Å². The van der Waals surface area contributed by atoms with E-state index in [2.05, 4.69) is 14.9 Å². The van der Waals surface area contributed by atoms with Crippen molar-refractivity contribution in [1.82, 2.24) is 10.2 Å². The summed E-state index contributed by atoms with van der Waals surface area (Å²) in [6.07, 6.45) is 0. The van der Waals surface area contributed by atoms with Gasteiger partial charge in [0.05, 0.1) is 5.69 Å². The molecule has 0 aliphatic carbocycles. The number of hydrogen-bond donors (Lipinski definition) is 3. The van der Waals surface area contributed by atoms with Crippen molar-refractivity contribution in [2.24, 2.45) is 5.73 Å². The summed E-state index contributed by atoms with van der Waals surface area (Å²) in [5, 5.41) is 6.85. The fraction of sp³-hybridized carbons (Fsp3) is 0.250. The van der Waals surface area contributed by atoms with Gasteiger partial charge >= 0.3 is 0 Å². The van der Waals surface area contributed by atoms with Gasteiger partial charge in [-0.2, -0.15) is 13.5 Å². The van der Waals surface area contributed by atoms with Crippen LogP contribution in [0, 0.1) is 13.8 Å². The first-order chi connectivity index (χ1) is 9.36. The number of halogens is 1. The van der Waals surface area contributed by atoms with Crippen molar-refractivity contribution in [3.05, 3.63) is 40.0 Å². The molecule has 0 atom stereocenters. The molecule has 0 bridgehead atoms. The summed E-state index contributed by atoms with van der Waals surface area (Å²) in [6.45, 7) is 3.55. The van der Waals surface area contributed by atoms with E-state index in [0.717, 1.165) is 0 Å². The quantitative estimate of drug-likeness (QED) is 0.802. The van der Waals surface area contributed by atoms with E-state index < -0.39 is 10.0 Å². The predicted octanol–water partition coefficient (Wildman–Crippen LogP) is 1.94. The Bertz CT molecular complexity index is 740. The minimum Gasteiger partial charge on any atom is -0.326 e. The maximum atomic E-state index is 12.4. The zero-order valence-electron chi connectivity index (χ0n) is 11.1. The topological polar surface area (TPSA) is 101 Å². The van der Waals surface area contributed by atoms with E-state index >= 15 is 0 Å². The van der Waals surface area contributed by atoms with Crippen molar-refractivity contribution in [2.75, 3.05) is 4.72 Å². The summed E-state index contributed by atoms with van der Waals surface area (Å²) in [5.74, 6) is 0. The highest BCUT2D eigenvalue weighted by atomic mass is 35.5. The van der Waals surface area contributed by atoms with Gasteiger partial charge in [0.15, 0.2) is 0 Å². The second-order valence-corrected chi connectivity index (χ2v) is 6.36. The largest absolute Gasteiger partial charge is 0.326 e. The Morgan fingerprint density at radius 2 is 2.10 bits per heavy atom. The van der Waals surface area contributed by atoms with E-state index in [1.807, 2.05) is 0 Å². The molecule has 0 radical (unpaired) electrons. The van der Waals surface area contributed by atoms with E-state index in [-0.39, 0.29) is 11.6 Å². The average molecular weight is 315 g/mol. The van der Waals surface area contributed by atoms with Gasteiger partial charge in [-0.25, -0.2) is 0 Å². The third-order valence-electron chi connectivity index (χ3n) is 3.01. The Kier molecular flexibility index (Phi) is 4.03. The van der Waals surface area contributed by atoms with Gasteiger partial charge in [-0.05, 0) is 31.5 Å². The molecule has 0 unspecified atom stereocenters. The van der Waals surface area contributed by atoms with Crippen molar-refractivity contribution >= 4 is 27.3 Å². The normalized spacial score (nSPS) is 11.6. The number of H-pyrrole nitrogens is 1. The van der Waals surface area contributed by atoms with Crippen LogP contribution in [0.5, 0.6) is 0 Å². The van der Waals surface area contributed by atoms with Crippen LogP contribution in [0.2, 0.25) is 5.02 Å². The van der Waals surface area contributed by atoms with Crippen LogP contribution < -0.4 is 10.5 Å². The summed E-state index contributed by atoms with van der Waals surface area (Å²) in [5.41, 5.74) is 7.74. The molecular formula is C12H15ClN4O2S. The van der Waals surface area contributed by atoms with Crippen molar-refractivity contribution < 1.29 is 8.42 Å². The number of anilines is 1. The highest BCUT2D eigenvalue weighted by Gasteiger charge is 2.23. The van der Waals surface area contributed by atoms with E-state index in [1.165, 1.54) is 0 Å². The van der Waals surface area contributed by atoms with Crippen molar-refractivity contribution in [1.29, 1.82) is 0 Å². The van der Waals surface area contributed by atoms with Crippen LogP contribution in [0.1, 0.15) is 16.8 Å². The zero-order valence-corrected chi connectivity index (χ0v) is 12.6. The molecule has 0 spiro atoms. The molecule has 1 aromatic heterocycles. The molecule has 0 saturated carbocycles. The van der Waals surface area contributed by atoms with Gasteiger partial charge < -0.3 is 5.73 Å². The summed E-state index contributed by atoms with van der Waals surface area (Å²) in [7, 11) is -3.81. The molecule has 0 amide bonds. The number of benzene rings is 1. The lowest BCUT2D eigenvalue weighted by Gasteiger charge is -2.10. The summed E-state index contributed by atoms with van der Waals surface area (Å²) >= 11 is 5.97. The number of hydrogen-bond acceptors (Lipinski definition) is 4. The van der Waals surface area contributed by atoms with Gasteiger partial charge in [-0.15, -0.1) is 0 Å². The van der Waals surface area contributed by atoms with E-state index in [4.69, 9.17) is 17.3 Å². The van der Waals surface area contributed by atoms with Gasteiger partial charge in [-0.1, -0.05) is 17.7 Å². The number of sulfonamides is 1. The van der Waals surface area contributed by atoms with Crippen LogP contribution in [0.4, 0.5) is 5.69 Å². The lowest BCUT2D eigenvalue weighted by Crippen LogP contribution is -2.17. The first-order valence-corrected chi connectivity index (χ1v) is 7.74. The van der Waals surface area contributed by atoms with Gasteiger partial charge in [0.25, 0.3) is 10.0 Å². The first-order valence-electron chi connectivity index (χ1n) is 5.88. The number of aryl methyl sites for hydroxylation is 1. The predicted molar refractivity (Wildman–Crippen MR) is 78.2 cm³/mol. The Hall–Kier alpha value is -1.57. The molecule has 1 heterocycles. The second-order valence-electron chi connectivity index (χ2n) is 4.35. The lowest BCUT2D eigenvalue weighted by molar-refractivity contribution is 0.595. The number of nitrogens with zero attached hydrogens (tertiary/aromatic N) is 1. The molecule has 2 rings (SSSR count). The monoisotopic (exact) mass is 314 g/mol. The molecule has 20 heavy (non-hydrogen) atoms. The number of aromatic nitrogens is 2. The molecule has 0 aliphatic rings. The van der Waals surface area contributed by atoms with E-state index in [0.29, 0.717) is 27.5 Å². The van der Waals surface area contributed by atoms with Gasteiger partial charge in [0.1, 0.15) is 0 Å². The molecule has 0 saturated heterocycles. The smallest absolute Gasteiger partial charge is 0.281 e. The van der Waals surface area contributed by atoms with Crippen molar-refractivity contribution in [3.8, 4) is 0 Å². The standard InChI is InChI=1S/C12H15ClN4O2S/c1-7-10(13)4-3-5-11(7)17-20(18,19)12-9(6-14)8(2)15-16-12/h3-5,17H,6,14H2,1-2H3,(H,15,16). The van der Waals surface area contributed by atoms with Gasteiger partial charge in [0, 0.05) is 22.8 Å². The number of aromatic amines is 1. The minimum absolute atomic E-state index is 0.0862. The molecular weight excluding hydrogens is 300 g/mol. The highest BCUT2D eigenvalue weighted by molar-refractivity contribution is 7.92. The molecule has 4 N–H and O–H groups in total. The molecule has 8 heteroatoms. The Balaban J connectivity index is 2.44. The lowest BCUT2D eigenvalue weighted by atomic mass is 10.2. The van der Waals surface area contributed by atoms with E-state index in [9.17, 15) is 8.42 Å². The maximum Gasteiger partial charge on any atom is 0.281 e. The third kappa shape index (κ3) is 2.65. The zero-order chi connectivity index (χ0) is 14.9. The fourth-order valence-corrected chi connectivity index (χ4v) is 3.31. The molecule has 2 aromatic rings. The summed E-state index contributed by atoms with van der Waals surface area (Å²) in [6, 6.07) is 5.01. The molecule has 1 aromatic carbocycles. The Morgan fingerprint density at radius 3 is 2.75 bits per heavy atom. The average Bonchev–Trinajstić information content (AvgIpc) is 2.76. The molecule has 0 aliphatic heterocycles. The van der Waals surface area contributed by atoms with E-state index in [1.54, 1.807) is 32.0 Å². The number of rotatable bonds is 4. The molecule has 6 nitrogen and oxygen atoms in total. The molecule has 0 fully saturated rings. The van der Waals surface area contributed by atoms with Gasteiger partial charge in [0.2, 0.25) is 5.03 Å². The fourth-order valence-electron chi connectivity index (χ4n) is 1.80. The summed E-state index contributed by atoms with van der Waals surface area (Å²) in [4.78, 5) is 0. The van der Waals surface area contributed by atoms with Crippen molar-refractivity contribution in [3.63, 3.8) is 0 Å². The minimum atomic E-state index is -3.81. The molecule has 108 valence electrons. The number of nitrogens with two attached hydrogens (primary N) is 1. The maximum absolute atomic E-state index is 12.4. The van der Waals surface area contributed by atoms with Crippen molar-refractivity contribution in [2.45, 2.75) is 25.4 Å². The van der Waals surface area contributed by atoms with Crippen LogP contribution in [-0.2, 0) is 16.6 Å². The second kappa shape index (κ2) is 5.43. The Labute approximate surface area is 122 Å².